The van der Waals surface area contributed by atoms with Crippen LogP contribution < -0.4 is 4.74 Å². The van der Waals surface area contributed by atoms with Gasteiger partial charge in [-0.25, -0.2) is 4.98 Å². The molecule has 5 nitrogen and oxygen atoms in total. The van der Waals surface area contributed by atoms with Crippen LogP contribution in [0.1, 0.15) is 23.9 Å². The highest BCUT2D eigenvalue weighted by molar-refractivity contribution is 5.78. The average Bonchev–Trinajstić information content (AvgIpc) is 2.99. The van der Waals surface area contributed by atoms with Crippen molar-refractivity contribution < 1.29 is 9.53 Å². The van der Waals surface area contributed by atoms with E-state index in [2.05, 4.69) is 29.5 Å². The van der Waals surface area contributed by atoms with Gasteiger partial charge in [-0.05, 0) is 56.2 Å². The summed E-state index contributed by atoms with van der Waals surface area (Å²) >= 11 is 0. The maximum Gasteiger partial charge on any atom is 0.260 e. The molecule has 0 saturated heterocycles. The number of hydrogen-bond acceptors (Lipinski definition) is 3. The summed E-state index contributed by atoms with van der Waals surface area (Å²) in [6, 6.07) is 13.9. The second-order valence-electron chi connectivity index (χ2n) is 6.55. The maximum atomic E-state index is 12.5. The Kier molecular flexibility index (Phi) is 5.26. The molecule has 0 N–H and O–H groups in total. The van der Waals surface area contributed by atoms with Crippen LogP contribution in [0.2, 0.25) is 0 Å². The fraction of sp³-hybridized carbons (Fsp3) is 0.333. The number of ether oxygens (including phenoxy) is 1. The van der Waals surface area contributed by atoms with Crippen LogP contribution in [0.4, 0.5) is 0 Å². The molecular formula is C21H25N3O2. The minimum Gasteiger partial charge on any atom is -0.484 e. The molecule has 0 radical (unpaired) electrons. The molecule has 0 unspecified atom stereocenters. The number of likely N-dealkylation sites (N-methyl/N-ethyl adjacent to an activating group) is 1. The molecule has 2 aromatic carbocycles. The summed E-state index contributed by atoms with van der Waals surface area (Å²) in [4.78, 5) is 18.8. The lowest BCUT2D eigenvalue weighted by Gasteiger charge is -2.18. The van der Waals surface area contributed by atoms with E-state index in [0.29, 0.717) is 6.54 Å². The predicted molar refractivity (Wildman–Crippen MR) is 103 cm³/mol. The second-order valence-corrected chi connectivity index (χ2v) is 6.55. The van der Waals surface area contributed by atoms with Crippen LogP contribution in [0, 0.1) is 13.8 Å². The molecule has 0 atom stereocenters. The van der Waals surface area contributed by atoms with Gasteiger partial charge in [0.15, 0.2) is 6.61 Å². The molecule has 0 aliphatic heterocycles. The molecule has 0 fully saturated rings. The Balaban J connectivity index is 1.66. The monoisotopic (exact) mass is 351 g/mol. The fourth-order valence-corrected chi connectivity index (χ4v) is 2.96. The minimum absolute atomic E-state index is 0.0192. The van der Waals surface area contributed by atoms with Gasteiger partial charge in [0.2, 0.25) is 0 Å². The summed E-state index contributed by atoms with van der Waals surface area (Å²) in [5, 5.41) is 0. The van der Waals surface area contributed by atoms with Gasteiger partial charge in [0.05, 0.1) is 17.6 Å². The Morgan fingerprint density at radius 1 is 1.15 bits per heavy atom. The van der Waals surface area contributed by atoms with E-state index in [-0.39, 0.29) is 12.5 Å². The molecule has 1 amide bonds. The molecule has 0 aliphatic carbocycles. The summed E-state index contributed by atoms with van der Waals surface area (Å²) in [5.74, 6) is 1.53. The lowest BCUT2D eigenvalue weighted by molar-refractivity contribution is -0.132. The van der Waals surface area contributed by atoms with E-state index in [1.165, 1.54) is 5.56 Å². The van der Waals surface area contributed by atoms with Gasteiger partial charge in [-0.1, -0.05) is 18.2 Å². The number of para-hydroxylation sites is 2. The zero-order valence-corrected chi connectivity index (χ0v) is 15.8. The quantitative estimate of drug-likeness (QED) is 0.680. The normalized spacial score (nSPS) is 10.9. The van der Waals surface area contributed by atoms with Gasteiger partial charge in [0.25, 0.3) is 5.91 Å². The maximum absolute atomic E-state index is 12.5. The highest BCUT2D eigenvalue weighted by Crippen LogP contribution is 2.18. The highest BCUT2D eigenvalue weighted by Gasteiger charge is 2.15. The first-order chi connectivity index (χ1) is 12.5. The third-order valence-electron chi connectivity index (χ3n) is 4.69. The smallest absolute Gasteiger partial charge is 0.260 e. The van der Waals surface area contributed by atoms with Crippen LogP contribution >= 0.6 is 0 Å². The van der Waals surface area contributed by atoms with E-state index in [1.807, 2.05) is 43.3 Å². The van der Waals surface area contributed by atoms with Crippen LogP contribution in [-0.2, 0) is 17.9 Å². The van der Waals surface area contributed by atoms with Crippen LogP contribution in [0.15, 0.2) is 42.5 Å². The van der Waals surface area contributed by atoms with Crippen LogP contribution in [0.3, 0.4) is 0 Å². The first kappa shape index (κ1) is 18.0. The van der Waals surface area contributed by atoms with E-state index in [1.54, 1.807) is 11.9 Å². The van der Waals surface area contributed by atoms with Crippen LogP contribution in [-0.4, -0.2) is 34.0 Å². The molecule has 26 heavy (non-hydrogen) atoms. The Morgan fingerprint density at radius 3 is 2.65 bits per heavy atom. The predicted octanol–water partition coefficient (Wildman–Crippen LogP) is 3.71. The van der Waals surface area contributed by atoms with Crippen molar-refractivity contribution in [3.8, 4) is 5.75 Å². The molecule has 3 aromatic rings. The Labute approximate surface area is 154 Å². The van der Waals surface area contributed by atoms with E-state index >= 15 is 0 Å². The number of aryl methyl sites for hydroxylation is 3. The first-order valence-electron chi connectivity index (χ1n) is 8.87. The van der Waals surface area contributed by atoms with Crippen molar-refractivity contribution in [2.75, 3.05) is 13.7 Å². The Hall–Kier alpha value is -2.82. The number of imidazole rings is 1. The fourth-order valence-electron chi connectivity index (χ4n) is 2.96. The SMILES string of the molecule is CCn1c(CN(C)C(=O)COc2ccc(C)c(C)c2)nc2ccccc21. The van der Waals surface area contributed by atoms with Gasteiger partial charge in [-0.2, -0.15) is 0 Å². The lowest BCUT2D eigenvalue weighted by Crippen LogP contribution is -2.32. The topological polar surface area (TPSA) is 47.4 Å². The molecule has 3 rings (SSSR count). The molecule has 1 heterocycles. The lowest BCUT2D eigenvalue weighted by atomic mass is 10.1. The molecule has 0 aliphatic rings. The molecule has 0 spiro atoms. The van der Waals surface area contributed by atoms with E-state index < -0.39 is 0 Å². The summed E-state index contributed by atoms with van der Waals surface area (Å²) in [7, 11) is 1.78. The zero-order chi connectivity index (χ0) is 18.7. The zero-order valence-electron chi connectivity index (χ0n) is 15.8. The van der Waals surface area contributed by atoms with Gasteiger partial charge >= 0.3 is 0 Å². The van der Waals surface area contributed by atoms with Gasteiger partial charge in [-0.15, -0.1) is 0 Å². The number of carbonyl (C=O) groups excluding carboxylic acids is 1. The van der Waals surface area contributed by atoms with Gasteiger partial charge in [0.1, 0.15) is 11.6 Å². The third-order valence-corrected chi connectivity index (χ3v) is 4.69. The first-order valence-corrected chi connectivity index (χ1v) is 8.87. The van der Waals surface area contributed by atoms with Crippen molar-refractivity contribution in [3.63, 3.8) is 0 Å². The largest absolute Gasteiger partial charge is 0.484 e. The minimum atomic E-state index is -0.0714. The van der Waals surface area contributed by atoms with Gasteiger partial charge < -0.3 is 14.2 Å². The summed E-state index contributed by atoms with van der Waals surface area (Å²) in [5.41, 5.74) is 4.41. The van der Waals surface area contributed by atoms with Gasteiger partial charge in [-0.3, -0.25) is 4.79 Å². The number of carbonyl (C=O) groups is 1. The molecule has 0 bridgehead atoms. The number of nitrogens with zero attached hydrogens (tertiary/aromatic N) is 3. The number of fused-ring (bicyclic) bond motifs is 1. The third kappa shape index (κ3) is 3.72. The number of amides is 1. The second kappa shape index (κ2) is 7.60. The van der Waals surface area contributed by atoms with Crippen molar-refractivity contribution in [1.82, 2.24) is 14.5 Å². The number of aromatic nitrogens is 2. The molecular weight excluding hydrogens is 326 g/mol. The molecule has 1 aromatic heterocycles. The summed E-state index contributed by atoms with van der Waals surface area (Å²) in [6.07, 6.45) is 0. The highest BCUT2D eigenvalue weighted by atomic mass is 16.5. The van der Waals surface area contributed by atoms with Gasteiger partial charge in [0, 0.05) is 13.6 Å². The van der Waals surface area contributed by atoms with E-state index in [0.717, 1.165) is 34.7 Å². The average molecular weight is 351 g/mol. The summed E-state index contributed by atoms with van der Waals surface area (Å²) in [6.45, 7) is 7.46. The molecule has 136 valence electrons. The van der Waals surface area contributed by atoms with Crippen molar-refractivity contribution in [2.24, 2.45) is 0 Å². The van der Waals surface area contributed by atoms with Crippen LogP contribution in [0.5, 0.6) is 5.75 Å². The van der Waals surface area contributed by atoms with Crippen molar-refractivity contribution >= 4 is 16.9 Å². The summed E-state index contributed by atoms with van der Waals surface area (Å²) < 4.78 is 7.80. The Bertz CT molecular complexity index is 930. The van der Waals surface area contributed by atoms with Crippen LogP contribution in [0.25, 0.3) is 11.0 Å². The van der Waals surface area contributed by atoms with Crippen molar-refractivity contribution in [3.05, 3.63) is 59.4 Å². The number of rotatable bonds is 6. The van der Waals surface area contributed by atoms with Crippen molar-refractivity contribution in [1.29, 1.82) is 0 Å². The van der Waals surface area contributed by atoms with E-state index in [9.17, 15) is 4.79 Å². The number of benzene rings is 2. The van der Waals surface area contributed by atoms with Crippen molar-refractivity contribution in [2.45, 2.75) is 33.9 Å². The number of hydrogen-bond donors (Lipinski definition) is 0. The van der Waals surface area contributed by atoms with E-state index in [4.69, 9.17) is 4.74 Å². The Morgan fingerprint density at radius 2 is 1.92 bits per heavy atom. The molecule has 5 heteroatoms. The molecule has 0 saturated carbocycles. The standard InChI is InChI=1S/C21H25N3O2/c1-5-24-19-9-7-6-8-18(19)22-20(24)13-23(4)21(25)14-26-17-11-10-15(2)16(3)12-17/h6-12H,5,13-14H2,1-4H3.